The molecule has 0 aliphatic carbocycles. The van der Waals surface area contributed by atoms with Crippen LogP contribution in [-0.2, 0) is 33.2 Å². The van der Waals surface area contributed by atoms with Crippen LogP contribution in [0.2, 0.25) is 0 Å². The van der Waals surface area contributed by atoms with Gasteiger partial charge >= 0.3 is 50.2 Å². The van der Waals surface area contributed by atoms with E-state index in [2.05, 4.69) is 42.5 Å². The van der Waals surface area contributed by atoms with Crippen LogP contribution in [0.25, 0.3) is 44.2 Å². The number of fused-ring (bicyclic) bond motifs is 4. The second-order valence-corrected chi connectivity index (χ2v) is 15.4. The minimum atomic E-state index is -4.90. The predicted octanol–water partition coefficient (Wildman–Crippen LogP) is 10.7. The number of hydrogen-bond acceptors (Lipinski definition) is 0. The van der Waals surface area contributed by atoms with Crippen molar-refractivity contribution in [3.8, 4) is 33.4 Å². The Morgan fingerprint density at radius 1 is 0.674 bits per heavy atom. The Hall–Kier alpha value is -3.03. The van der Waals surface area contributed by atoms with Gasteiger partial charge in [0.1, 0.15) is 0 Å². The van der Waals surface area contributed by atoms with Crippen molar-refractivity contribution in [1.29, 1.82) is 0 Å². The normalized spacial score (nSPS) is 11.8. The number of benzene rings is 5. The minimum Gasteiger partial charge on any atom is -0.184 e. The van der Waals surface area contributed by atoms with Crippen LogP contribution >= 0.6 is 17.0 Å². The van der Waals surface area contributed by atoms with E-state index < -0.39 is 44.3 Å². The third kappa shape index (κ3) is 7.74. The first-order valence-corrected chi connectivity index (χ1v) is 21.1. The van der Waals surface area contributed by atoms with Crippen molar-refractivity contribution in [2.45, 2.75) is 19.3 Å². The third-order valence-corrected chi connectivity index (χ3v) is 8.70. The molecule has 0 N–H and O–H groups in total. The van der Waals surface area contributed by atoms with Crippen LogP contribution in [0, 0.1) is 13.0 Å². The summed E-state index contributed by atoms with van der Waals surface area (Å²) >= 11 is -0.826. The second-order valence-electron chi connectivity index (χ2n) is 10.4. The smallest absolute Gasteiger partial charge is 0.0920 e. The Labute approximate surface area is 283 Å². The predicted molar refractivity (Wildman–Crippen MR) is 173 cm³/mol. The van der Waals surface area contributed by atoms with Gasteiger partial charge in [0.15, 0.2) is 0 Å². The van der Waals surface area contributed by atoms with Crippen molar-refractivity contribution in [2.24, 2.45) is 0 Å². The number of hydrogen-bond donors (Lipinski definition) is 0. The topological polar surface area (TPSA) is 0 Å². The van der Waals surface area contributed by atoms with Gasteiger partial charge in [-0.2, -0.15) is 61.9 Å². The molecule has 1 heterocycles. The van der Waals surface area contributed by atoms with E-state index in [1.807, 2.05) is 25.1 Å². The summed E-state index contributed by atoms with van der Waals surface area (Å²) in [6.07, 6.45) is -9.81. The molecule has 0 amide bonds. The van der Waals surface area contributed by atoms with Crippen LogP contribution in [0.1, 0.15) is 16.7 Å². The zero-order chi connectivity index (χ0) is 33.1. The summed E-state index contributed by atoms with van der Waals surface area (Å²) < 4.78 is 80.6. The molecule has 0 bridgehead atoms. The Morgan fingerprint density at radius 2 is 1.28 bits per heavy atom. The average molecular weight is 759 g/mol. The minimum absolute atomic E-state index is 0.118. The van der Waals surface area contributed by atoms with Crippen molar-refractivity contribution >= 4 is 47.7 Å². The molecule has 1 aliphatic rings. The van der Waals surface area contributed by atoms with E-state index in [9.17, 15) is 26.3 Å². The van der Waals surface area contributed by atoms with Crippen LogP contribution < -0.4 is 10.4 Å². The first kappa shape index (κ1) is 34.3. The molecule has 46 heavy (non-hydrogen) atoms. The zero-order valence-corrected chi connectivity index (χ0v) is 29.0. The molecule has 0 saturated heterocycles. The molecule has 0 atom stereocenters. The Morgan fingerprint density at radius 3 is 1.93 bits per heavy atom. The Bertz CT molecular complexity index is 1890. The molecule has 6 aromatic carbocycles. The molecule has 0 spiro atoms. The van der Waals surface area contributed by atoms with Gasteiger partial charge in [0, 0.05) is 0 Å². The zero-order valence-electron chi connectivity index (χ0n) is 24.0. The fourth-order valence-corrected chi connectivity index (χ4v) is 6.74. The van der Waals surface area contributed by atoms with Gasteiger partial charge in [-0.05, 0) is 34.9 Å². The van der Waals surface area contributed by atoms with Gasteiger partial charge in [-0.1, -0.05) is 83.9 Å². The van der Waals surface area contributed by atoms with Crippen molar-refractivity contribution in [2.75, 3.05) is 0 Å². The number of aryl methyl sites for hydroxylation is 1. The molecule has 0 unspecified atom stereocenters. The molecule has 1 aliphatic heterocycles. The van der Waals surface area contributed by atoms with Crippen LogP contribution in [0.4, 0.5) is 26.3 Å². The van der Waals surface area contributed by atoms with E-state index >= 15 is 0 Å². The summed E-state index contributed by atoms with van der Waals surface area (Å²) in [5, 5.41) is 4.19. The fraction of sp³-hybridized carbons (Fsp3) is 0.0833. The Balaban J connectivity index is 0.000000214. The van der Waals surface area contributed by atoms with Crippen molar-refractivity contribution < 1.29 is 47.2 Å². The fourth-order valence-electron chi connectivity index (χ4n) is 5.43. The second kappa shape index (κ2) is 14.4. The summed E-state index contributed by atoms with van der Waals surface area (Å²) in [5.74, 6) is 0. The molecule has 6 aromatic rings. The quantitative estimate of drug-likeness (QED) is 0.0936. The summed E-state index contributed by atoms with van der Waals surface area (Å²) in [6, 6.07) is 36.0. The molecule has 0 fully saturated rings. The number of alkyl halides is 6. The van der Waals surface area contributed by atoms with E-state index in [-0.39, 0.29) is 11.6 Å². The van der Waals surface area contributed by atoms with E-state index in [4.69, 9.17) is 17.0 Å². The maximum Gasteiger partial charge on any atom is 0.0920 e. The molecule has 230 valence electrons. The van der Waals surface area contributed by atoms with Crippen molar-refractivity contribution in [3.63, 3.8) is 0 Å². The largest absolute Gasteiger partial charge is 0.184 e. The van der Waals surface area contributed by atoms with Crippen molar-refractivity contribution in [3.05, 3.63) is 138 Å². The van der Waals surface area contributed by atoms with Crippen molar-refractivity contribution in [1.82, 2.24) is 0 Å². The average Bonchev–Trinajstić information content (AvgIpc) is 3.60. The number of rotatable bonds is 2. The van der Waals surface area contributed by atoms with Gasteiger partial charge < -0.3 is 0 Å². The van der Waals surface area contributed by atoms with Gasteiger partial charge in [-0.3, -0.25) is 0 Å². The maximum absolute atomic E-state index is 13.4. The molecular weight excluding hydrogens is 737 g/mol. The van der Waals surface area contributed by atoms with E-state index in [1.54, 1.807) is 42.5 Å². The van der Waals surface area contributed by atoms with Gasteiger partial charge in [-0.15, -0.1) is 34.0 Å². The molecule has 0 saturated carbocycles. The van der Waals surface area contributed by atoms with Crippen LogP contribution in [-0.4, -0.2) is 9.52 Å². The monoisotopic (exact) mass is 756 g/mol. The summed E-state index contributed by atoms with van der Waals surface area (Å²) in [4.78, 5) is 0. The molecule has 0 nitrogen and oxygen atoms in total. The van der Waals surface area contributed by atoms with Gasteiger partial charge in [-0.25, -0.2) is 0 Å². The summed E-state index contributed by atoms with van der Waals surface area (Å²) in [7, 11) is 10.7. The molecular formula is C36H22Cl2F6SiZr. The summed E-state index contributed by atoms with van der Waals surface area (Å²) in [6.45, 7) is 1.83. The van der Waals surface area contributed by atoms with E-state index in [1.165, 1.54) is 21.5 Å². The summed E-state index contributed by atoms with van der Waals surface area (Å²) in [5.41, 5.74) is 2.50. The van der Waals surface area contributed by atoms with Gasteiger partial charge in [0.25, 0.3) is 0 Å². The van der Waals surface area contributed by atoms with E-state index in [0.717, 1.165) is 32.6 Å². The molecule has 10 heteroatoms. The van der Waals surface area contributed by atoms with Gasteiger partial charge in [0.05, 0.1) is 20.6 Å². The standard InChI is InChI=1S/C24H15F6.C12H7Si.2ClH.Zr/c1-14-9-16-7-8-20(15-5-3-2-4-6-15)22(21(16)10-14)17-11-18(23(25,26)27)13-19(12-17)24(28,29)30;1-3-7-11-9(5-1)10-6-2-4-8-12(10)13-11;;;/h2-13H,1H3;1-7H;2*1H;/q2*-1;;;+4/p-2. The SMILES string of the molecule is Cc1cc2c(-c3cc(C(F)(F)F)cc(C(F)(F)F)c3)c(-c3ccccc3)ccc2[cH-]1.[Cl][Zr+2][Cl].[c-]1cccc2c1[Si]c1ccccc1-2. The van der Waals surface area contributed by atoms with E-state index in [0.29, 0.717) is 22.1 Å². The first-order valence-electron chi connectivity index (χ1n) is 13.8. The van der Waals surface area contributed by atoms with Gasteiger partial charge in [0.2, 0.25) is 0 Å². The molecule has 2 radical (unpaired) electrons. The third-order valence-electron chi connectivity index (χ3n) is 7.33. The van der Waals surface area contributed by atoms with Crippen LogP contribution in [0.15, 0.2) is 115 Å². The maximum atomic E-state index is 13.4. The van der Waals surface area contributed by atoms with Crippen LogP contribution in [0.5, 0.6) is 0 Å². The molecule has 7 rings (SSSR count). The first-order chi connectivity index (χ1) is 21.9. The number of halogens is 8. The molecule has 0 aromatic heterocycles. The van der Waals surface area contributed by atoms with Crippen LogP contribution in [0.3, 0.4) is 0 Å². The Kier molecular flexibility index (Phi) is 10.7.